The smallest absolute Gasteiger partial charge is 0.271 e. The number of imidazole rings is 1. The molecule has 0 unspecified atom stereocenters. The van der Waals surface area contributed by atoms with Crippen LogP contribution in [0, 0.1) is 5.82 Å². The largest absolute Gasteiger partial charge is 0.337 e. The van der Waals surface area contributed by atoms with E-state index < -0.39 is 0 Å². The zero-order valence-electron chi connectivity index (χ0n) is 17.3. The molecule has 1 aliphatic heterocycles. The molecule has 0 atom stereocenters. The van der Waals surface area contributed by atoms with Gasteiger partial charge in [-0.15, -0.1) is 11.3 Å². The fraction of sp³-hybridized carbons (Fsp3) is 0.208. The Hall–Kier alpha value is -3.52. The lowest BCUT2D eigenvalue weighted by molar-refractivity contribution is -0.115. The van der Waals surface area contributed by atoms with E-state index in [-0.39, 0.29) is 24.1 Å². The predicted molar refractivity (Wildman–Crippen MR) is 122 cm³/mol. The van der Waals surface area contributed by atoms with Gasteiger partial charge in [0.2, 0.25) is 5.91 Å². The van der Waals surface area contributed by atoms with E-state index in [2.05, 4.69) is 10.3 Å². The minimum absolute atomic E-state index is 0.0282. The summed E-state index contributed by atoms with van der Waals surface area (Å²) in [4.78, 5) is 32.3. The Balaban J connectivity index is 1.30. The maximum atomic E-state index is 13.7. The van der Waals surface area contributed by atoms with Crippen LogP contribution < -0.4 is 5.32 Å². The van der Waals surface area contributed by atoms with E-state index in [0.717, 1.165) is 42.1 Å². The van der Waals surface area contributed by atoms with Gasteiger partial charge in [-0.05, 0) is 36.6 Å². The average molecular weight is 449 g/mol. The van der Waals surface area contributed by atoms with Crippen molar-refractivity contribution >= 4 is 33.8 Å². The summed E-state index contributed by atoms with van der Waals surface area (Å²) < 4.78 is 15.6. The van der Waals surface area contributed by atoms with Crippen molar-refractivity contribution in [3.63, 3.8) is 0 Å². The number of halogens is 1. The van der Waals surface area contributed by atoms with Crippen LogP contribution in [0.1, 0.15) is 28.9 Å². The number of nitrogens with zero attached hydrogens (tertiary/aromatic N) is 3. The summed E-state index contributed by atoms with van der Waals surface area (Å²) in [7, 11) is 0. The SMILES string of the molecule is O=C(Cc1ccccc1F)Nc1ccc(-c2cn3c(C(=O)N4CCCC4)csc3n2)cc1. The Morgan fingerprint density at radius 3 is 2.56 bits per heavy atom. The van der Waals surface area contributed by atoms with E-state index in [4.69, 9.17) is 0 Å². The lowest BCUT2D eigenvalue weighted by Gasteiger charge is -2.13. The average Bonchev–Trinajstić information content (AvgIpc) is 3.53. The molecule has 0 spiro atoms. The molecule has 0 aliphatic carbocycles. The van der Waals surface area contributed by atoms with Crippen molar-refractivity contribution in [2.45, 2.75) is 19.3 Å². The van der Waals surface area contributed by atoms with Crippen molar-refractivity contribution < 1.29 is 14.0 Å². The van der Waals surface area contributed by atoms with Crippen molar-refractivity contribution in [2.75, 3.05) is 18.4 Å². The van der Waals surface area contributed by atoms with E-state index in [0.29, 0.717) is 16.9 Å². The molecule has 8 heteroatoms. The zero-order chi connectivity index (χ0) is 22.1. The highest BCUT2D eigenvalue weighted by Gasteiger charge is 2.23. The number of anilines is 1. The van der Waals surface area contributed by atoms with Crippen LogP contribution in [0.2, 0.25) is 0 Å². The number of carbonyl (C=O) groups excluding carboxylic acids is 2. The number of rotatable bonds is 5. The predicted octanol–water partition coefficient (Wildman–Crippen LogP) is 4.62. The summed E-state index contributed by atoms with van der Waals surface area (Å²) in [5, 5.41) is 4.66. The van der Waals surface area contributed by atoms with E-state index in [1.807, 2.05) is 33.0 Å². The molecule has 1 N–H and O–H groups in total. The molecule has 1 saturated heterocycles. The lowest BCUT2D eigenvalue weighted by atomic mass is 10.1. The zero-order valence-corrected chi connectivity index (χ0v) is 18.1. The third-order valence-electron chi connectivity index (χ3n) is 5.59. The number of carbonyl (C=O) groups is 2. The number of benzene rings is 2. The monoisotopic (exact) mass is 448 g/mol. The molecule has 5 rings (SSSR count). The summed E-state index contributed by atoms with van der Waals surface area (Å²) in [6, 6.07) is 13.6. The number of aromatic nitrogens is 2. The van der Waals surface area contributed by atoms with Gasteiger partial charge in [0, 0.05) is 35.9 Å². The molecule has 0 bridgehead atoms. The van der Waals surface area contributed by atoms with Crippen LogP contribution in [0.4, 0.5) is 10.1 Å². The Morgan fingerprint density at radius 2 is 1.81 bits per heavy atom. The van der Waals surface area contributed by atoms with Gasteiger partial charge in [0.1, 0.15) is 11.5 Å². The van der Waals surface area contributed by atoms with E-state index in [1.165, 1.54) is 17.4 Å². The molecule has 0 saturated carbocycles. The Kier molecular flexibility index (Phi) is 5.45. The lowest BCUT2D eigenvalue weighted by Crippen LogP contribution is -2.28. The molecule has 162 valence electrons. The van der Waals surface area contributed by atoms with Gasteiger partial charge in [-0.3, -0.25) is 14.0 Å². The highest BCUT2D eigenvalue weighted by atomic mass is 32.1. The first-order chi connectivity index (χ1) is 15.6. The quantitative estimate of drug-likeness (QED) is 0.485. The fourth-order valence-corrected chi connectivity index (χ4v) is 4.75. The standard InChI is InChI=1S/C24H21FN4O2S/c25-19-6-2-1-5-17(19)13-22(30)26-18-9-7-16(8-10-18)20-14-29-21(15-32-24(29)27-20)23(31)28-11-3-4-12-28/h1-2,5-10,14-15H,3-4,11-13H2,(H,26,30). The van der Waals surface area contributed by atoms with Gasteiger partial charge in [0.25, 0.3) is 5.91 Å². The topological polar surface area (TPSA) is 66.7 Å². The first-order valence-electron chi connectivity index (χ1n) is 10.5. The number of fused-ring (bicyclic) bond motifs is 1. The summed E-state index contributed by atoms with van der Waals surface area (Å²) in [5.41, 5.74) is 3.27. The molecule has 6 nitrogen and oxygen atoms in total. The summed E-state index contributed by atoms with van der Waals surface area (Å²) in [6.07, 6.45) is 3.95. The van der Waals surface area contributed by atoms with Crippen molar-refractivity contribution in [3.05, 3.63) is 77.2 Å². The molecule has 2 aromatic carbocycles. The number of nitrogens with one attached hydrogen (secondary N) is 1. The third-order valence-corrected chi connectivity index (χ3v) is 6.43. The van der Waals surface area contributed by atoms with Crippen LogP contribution in [0.15, 0.2) is 60.1 Å². The molecule has 32 heavy (non-hydrogen) atoms. The highest BCUT2D eigenvalue weighted by Crippen LogP contribution is 2.26. The minimum atomic E-state index is -0.389. The van der Waals surface area contributed by atoms with Crippen molar-refractivity contribution in [2.24, 2.45) is 0 Å². The third kappa shape index (κ3) is 4.01. The van der Waals surface area contributed by atoms with Crippen LogP contribution in [-0.2, 0) is 11.2 Å². The van der Waals surface area contributed by atoms with E-state index in [9.17, 15) is 14.0 Å². The van der Waals surface area contributed by atoms with Gasteiger partial charge in [-0.25, -0.2) is 9.37 Å². The van der Waals surface area contributed by atoms with Crippen molar-refractivity contribution in [3.8, 4) is 11.3 Å². The van der Waals surface area contributed by atoms with Crippen LogP contribution in [-0.4, -0.2) is 39.2 Å². The van der Waals surface area contributed by atoms with E-state index >= 15 is 0 Å². The molecule has 0 radical (unpaired) electrons. The van der Waals surface area contributed by atoms with Gasteiger partial charge < -0.3 is 10.2 Å². The van der Waals surface area contributed by atoms with Crippen LogP contribution >= 0.6 is 11.3 Å². The maximum absolute atomic E-state index is 13.7. The number of hydrogen-bond acceptors (Lipinski definition) is 4. The number of likely N-dealkylation sites (tertiary alicyclic amines) is 1. The summed E-state index contributed by atoms with van der Waals surface area (Å²) in [6.45, 7) is 1.61. The van der Waals surface area contributed by atoms with Gasteiger partial charge >= 0.3 is 0 Å². The molecular weight excluding hydrogens is 427 g/mol. The highest BCUT2D eigenvalue weighted by molar-refractivity contribution is 7.15. The van der Waals surface area contributed by atoms with Crippen LogP contribution in [0.5, 0.6) is 0 Å². The number of thiazole rings is 1. The van der Waals surface area contributed by atoms with Gasteiger partial charge in [-0.1, -0.05) is 30.3 Å². The fourth-order valence-electron chi connectivity index (χ4n) is 3.90. The molecule has 1 aliphatic rings. The van der Waals surface area contributed by atoms with Crippen LogP contribution in [0.3, 0.4) is 0 Å². The Bertz CT molecular complexity index is 1290. The van der Waals surface area contributed by atoms with Crippen molar-refractivity contribution in [1.82, 2.24) is 14.3 Å². The Labute approximate surface area is 188 Å². The second-order valence-electron chi connectivity index (χ2n) is 7.79. The normalized spacial score (nSPS) is 13.6. The second kappa shape index (κ2) is 8.55. The summed E-state index contributed by atoms with van der Waals surface area (Å²) >= 11 is 1.45. The van der Waals surface area contributed by atoms with Gasteiger partial charge in [0.15, 0.2) is 4.96 Å². The second-order valence-corrected chi connectivity index (χ2v) is 8.63. The molecule has 2 aromatic heterocycles. The molecule has 1 fully saturated rings. The van der Waals surface area contributed by atoms with Crippen molar-refractivity contribution in [1.29, 1.82) is 0 Å². The first kappa shape index (κ1) is 20.4. The molecular formula is C24H21FN4O2S. The van der Waals surface area contributed by atoms with Crippen LogP contribution in [0.25, 0.3) is 16.2 Å². The van der Waals surface area contributed by atoms with Gasteiger partial charge in [-0.2, -0.15) is 0 Å². The number of amides is 2. The summed E-state index contributed by atoms with van der Waals surface area (Å²) in [5.74, 6) is -0.624. The molecule has 2 amide bonds. The molecule has 4 aromatic rings. The van der Waals surface area contributed by atoms with Gasteiger partial charge in [0.05, 0.1) is 12.1 Å². The first-order valence-corrected chi connectivity index (χ1v) is 11.4. The maximum Gasteiger partial charge on any atom is 0.271 e. The minimum Gasteiger partial charge on any atom is -0.337 e. The molecule has 3 heterocycles. The Morgan fingerprint density at radius 1 is 1.06 bits per heavy atom. The number of hydrogen-bond donors (Lipinski definition) is 1. The van der Waals surface area contributed by atoms with E-state index in [1.54, 1.807) is 30.3 Å².